The molecule has 0 N–H and O–H groups in total. The van der Waals surface area contributed by atoms with Gasteiger partial charge < -0.3 is 9.32 Å². The lowest BCUT2D eigenvalue weighted by Crippen LogP contribution is -2.43. The number of nitrogens with zero attached hydrogens (tertiary/aromatic N) is 2. The van der Waals surface area contributed by atoms with Crippen molar-refractivity contribution in [2.45, 2.75) is 19.5 Å². The van der Waals surface area contributed by atoms with Gasteiger partial charge in [-0.15, -0.1) is 0 Å². The van der Waals surface area contributed by atoms with Gasteiger partial charge in [-0.2, -0.15) is 4.31 Å². The fraction of sp³-hybridized carbons (Fsp3) is 0.208. The van der Waals surface area contributed by atoms with Crippen molar-refractivity contribution in [1.82, 2.24) is 9.21 Å². The van der Waals surface area contributed by atoms with Crippen molar-refractivity contribution < 1.29 is 17.6 Å². The van der Waals surface area contributed by atoms with Crippen LogP contribution < -0.4 is 0 Å². The lowest BCUT2D eigenvalue weighted by Gasteiger charge is -2.30. The number of carbonyl (C=O) groups is 1. The second-order valence-electron chi connectivity index (χ2n) is 7.44. The number of benzene rings is 2. The Morgan fingerprint density at radius 1 is 1.00 bits per heavy atom. The molecule has 0 bridgehead atoms. The quantitative estimate of drug-likeness (QED) is 0.567. The van der Waals surface area contributed by atoms with Gasteiger partial charge in [0, 0.05) is 18.5 Å². The third-order valence-corrected chi connectivity index (χ3v) is 6.76. The average Bonchev–Trinajstić information content (AvgIpc) is 3.31. The fourth-order valence-electron chi connectivity index (χ4n) is 3.59. The summed E-state index contributed by atoms with van der Waals surface area (Å²) in [5.74, 6) is 0.256. The maximum Gasteiger partial charge on any atom is 0.238 e. The molecule has 0 fully saturated rings. The molecule has 1 aliphatic heterocycles. The first-order chi connectivity index (χ1) is 15.0. The van der Waals surface area contributed by atoms with E-state index < -0.39 is 10.0 Å². The van der Waals surface area contributed by atoms with Crippen LogP contribution in [0.25, 0.3) is 6.08 Å². The second kappa shape index (κ2) is 9.32. The molecular weight excluding hydrogens is 412 g/mol. The van der Waals surface area contributed by atoms with Gasteiger partial charge in [-0.1, -0.05) is 54.6 Å². The Morgan fingerprint density at radius 3 is 2.48 bits per heavy atom. The topological polar surface area (TPSA) is 70.8 Å². The molecular formula is C24H24N2O4S. The van der Waals surface area contributed by atoms with E-state index >= 15 is 0 Å². The van der Waals surface area contributed by atoms with Crippen LogP contribution in [0.3, 0.4) is 0 Å². The first-order valence-electron chi connectivity index (χ1n) is 10.1. The summed E-state index contributed by atoms with van der Waals surface area (Å²) in [5.41, 5.74) is 3.10. The molecule has 1 aliphatic rings. The van der Waals surface area contributed by atoms with Crippen molar-refractivity contribution in [3.8, 4) is 0 Å². The molecule has 0 atom stereocenters. The summed E-state index contributed by atoms with van der Waals surface area (Å²) in [5, 5.41) is 1.14. The Balaban J connectivity index is 1.52. The molecule has 0 saturated heterocycles. The lowest BCUT2D eigenvalue weighted by atomic mass is 10.00. The van der Waals surface area contributed by atoms with Gasteiger partial charge in [-0.3, -0.25) is 4.79 Å². The Hall–Kier alpha value is -3.16. The minimum atomic E-state index is -3.85. The Kier molecular flexibility index (Phi) is 6.34. The predicted molar refractivity (Wildman–Crippen MR) is 119 cm³/mol. The van der Waals surface area contributed by atoms with Crippen LogP contribution in [0.15, 0.2) is 82.8 Å². The van der Waals surface area contributed by atoms with Gasteiger partial charge in [0.1, 0.15) is 5.76 Å². The van der Waals surface area contributed by atoms with Gasteiger partial charge in [0.2, 0.25) is 15.9 Å². The molecule has 31 heavy (non-hydrogen) atoms. The molecule has 0 spiro atoms. The molecule has 0 radical (unpaired) electrons. The van der Waals surface area contributed by atoms with Gasteiger partial charge in [0.15, 0.2) is 0 Å². The van der Waals surface area contributed by atoms with E-state index in [1.54, 1.807) is 17.0 Å². The molecule has 7 heteroatoms. The van der Waals surface area contributed by atoms with Crippen LogP contribution in [0.2, 0.25) is 0 Å². The summed E-state index contributed by atoms with van der Waals surface area (Å²) in [6.07, 6.45) is 3.79. The van der Waals surface area contributed by atoms with Gasteiger partial charge in [0.25, 0.3) is 0 Å². The molecule has 3 aromatic rings. The number of carbonyl (C=O) groups excluding carboxylic acids is 1. The van der Waals surface area contributed by atoms with Crippen LogP contribution in [0.5, 0.6) is 0 Å². The summed E-state index contributed by atoms with van der Waals surface area (Å²) in [4.78, 5) is 14.7. The van der Waals surface area contributed by atoms with E-state index in [9.17, 15) is 13.2 Å². The molecule has 2 aromatic carbocycles. The molecule has 4 rings (SSSR count). The monoisotopic (exact) mass is 436 g/mol. The average molecular weight is 437 g/mol. The van der Waals surface area contributed by atoms with Crippen LogP contribution in [0.4, 0.5) is 0 Å². The van der Waals surface area contributed by atoms with Gasteiger partial charge in [-0.05, 0) is 41.3 Å². The van der Waals surface area contributed by atoms with E-state index in [0.29, 0.717) is 18.8 Å². The maximum absolute atomic E-state index is 13.1. The van der Waals surface area contributed by atoms with E-state index in [2.05, 4.69) is 6.07 Å². The standard InChI is InChI=1S/C24H24N2O4S/c27-24(25-14-12-21-9-4-5-10-22(21)17-25)19-26(18-23-11-6-15-30-23)31(28,29)16-13-20-7-2-1-3-8-20/h1-11,13,15-16H,12,14,17-19H2/b16-13+. The highest BCUT2D eigenvalue weighted by molar-refractivity contribution is 7.92. The Morgan fingerprint density at radius 2 is 1.74 bits per heavy atom. The largest absolute Gasteiger partial charge is 0.468 e. The third kappa shape index (κ3) is 5.31. The van der Waals surface area contributed by atoms with Crippen molar-refractivity contribution in [3.05, 3.63) is 101 Å². The molecule has 6 nitrogen and oxygen atoms in total. The summed E-state index contributed by atoms with van der Waals surface area (Å²) < 4.78 is 32.6. The number of fused-ring (bicyclic) bond motifs is 1. The van der Waals surface area contributed by atoms with Crippen LogP contribution in [-0.2, 0) is 34.3 Å². The van der Waals surface area contributed by atoms with Crippen molar-refractivity contribution in [1.29, 1.82) is 0 Å². The predicted octanol–water partition coefficient (Wildman–Crippen LogP) is 3.67. The molecule has 1 amide bonds. The second-order valence-corrected chi connectivity index (χ2v) is 9.26. The molecule has 1 aromatic heterocycles. The van der Waals surface area contributed by atoms with Crippen LogP contribution in [0.1, 0.15) is 22.5 Å². The maximum atomic E-state index is 13.1. The van der Waals surface area contributed by atoms with Gasteiger partial charge in [-0.25, -0.2) is 8.42 Å². The van der Waals surface area contributed by atoms with Crippen molar-refractivity contribution in [3.63, 3.8) is 0 Å². The molecule has 0 aliphatic carbocycles. The zero-order valence-corrected chi connectivity index (χ0v) is 17.9. The van der Waals surface area contributed by atoms with E-state index in [-0.39, 0.29) is 19.0 Å². The van der Waals surface area contributed by atoms with Crippen LogP contribution >= 0.6 is 0 Å². The molecule has 2 heterocycles. The first kappa shape index (κ1) is 21.1. The van der Waals surface area contributed by atoms with E-state index in [0.717, 1.165) is 27.3 Å². The highest BCUT2D eigenvalue weighted by Crippen LogP contribution is 2.20. The molecule has 0 saturated carbocycles. The van der Waals surface area contributed by atoms with Crippen LogP contribution in [0, 0.1) is 0 Å². The zero-order valence-electron chi connectivity index (χ0n) is 17.1. The third-order valence-electron chi connectivity index (χ3n) is 5.30. The normalized spacial score (nSPS) is 14.2. The highest BCUT2D eigenvalue weighted by atomic mass is 32.2. The van der Waals surface area contributed by atoms with E-state index in [1.165, 1.54) is 17.9 Å². The molecule has 0 unspecified atom stereocenters. The van der Waals surface area contributed by atoms with Crippen LogP contribution in [-0.4, -0.2) is 36.6 Å². The number of furan rings is 1. The summed E-state index contributed by atoms with van der Waals surface area (Å²) >= 11 is 0. The first-order valence-corrected chi connectivity index (χ1v) is 11.6. The summed E-state index contributed by atoms with van der Waals surface area (Å²) in [6, 6.07) is 20.6. The highest BCUT2D eigenvalue weighted by Gasteiger charge is 2.28. The fourth-order valence-corrected chi connectivity index (χ4v) is 4.69. The lowest BCUT2D eigenvalue weighted by molar-refractivity contribution is -0.132. The van der Waals surface area contributed by atoms with E-state index in [1.807, 2.05) is 48.5 Å². The number of hydrogen-bond acceptors (Lipinski definition) is 4. The SMILES string of the molecule is O=C(CN(Cc1ccco1)S(=O)(=O)/C=C/c1ccccc1)N1CCc2ccccc2C1. The van der Waals surface area contributed by atoms with Crippen molar-refractivity contribution in [2.75, 3.05) is 13.1 Å². The molecule has 160 valence electrons. The summed E-state index contributed by atoms with van der Waals surface area (Å²) in [7, 11) is -3.85. The minimum absolute atomic E-state index is 0.00930. The Bertz CT molecular complexity index is 1160. The van der Waals surface area contributed by atoms with Gasteiger partial charge >= 0.3 is 0 Å². The number of amides is 1. The zero-order chi connectivity index (χ0) is 21.7. The van der Waals surface area contributed by atoms with Gasteiger partial charge in [0.05, 0.1) is 19.4 Å². The number of sulfonamides is 1. The minimum Gasteiger partial charge on any atom is -0.468 e. The van der Waals surface area contributed by atoms with Crippen molar-refractivity contribution in [2.24, 2.45) is 0 Å². The number of rotatable bonds is 7. The number of hydrogen-bond donors (Lipinski definition) is 0. The van der Waals surface area contributed by atoms with Crippen molar-refractivity contribution >= 4 is 22.0 Å². The summed E-state index contributed by atoms with van der Waals surface area (Å²) in [6.45, 7) is 0.808. The smallest absolute Gasteiger partial charge is 0.238 e. The Labute approximate surface area is 182 Å². The van der Waals surface area contributed by atoms with E-state index in [4.69, 9.17) is 4.42 Å².